The fourth-order valence-electron chi connectivity index (χ4n) is 7.02. The molecule has 4 aromatic carbocycles. The molecule has 11 heteroatoms. The summed E-state index contributed by atoms with van der Waals surface area (Å²) in [6.45, 7) is 0. The second-order valence-electron chi connectivity index (χ2n) is 10.6. The fraction of sp³-hybridized carbons (Fsp3) is 0.125. The van der Waals surface area contributed by atoms with E-state index in [1.807, 2.05) is 48.5 Å². The number of carbonyl (C=O) groups excluding carboxylic acids is 3. The summed E-state index contributed by atoms with van der Waals surface area (Å²) < 4.78 is 0. The van der Waals surface area contributed by atoms with Crippen molar-refractivity contribution in [2.45, 2.75) is 11.3 Å². The fourth-order valence-corrected chi connectivity index (χ4v) is 7.52. The molecular weight excluding hydrogens is 591 g/mol. The van der Waals surface area contributed by atoms with Gasteiger partial charge >= 0.3 is 0 Å². The highest BCUT2D eigenvalue weighted by Gasteiger charge is 2.68. The molecule has 212 valence electrons. The van der Waals surface area contributed by atoms with E-state index in [0.29, 0.717) is 5.02 Å². The Labute approximate surface area is 254 Å². The molecule has 1 aliphatic heterocycles. The van der Waals surface area contributed by atoms with Crippen LogP contribution in [0.2, 0.25) is 10.0 Å². The van der Waals surface area contributed by atoms with Gasteiger partial charge < -0.3 is 0 Å². The molecular formula is C32H20Cl2N4O5. The molecule has 0 saturated carbocycles. The van der Waals surface area contributed by atoms with E-state index in [9.17, 15) is 24.5 Å². The average molecular weight is 611 g/mol. The minimum Gasteiger partial charge on any atom is -0.274 e. The van der Waals surface area contributed by atoms with Crippen LogP contribution < -0.4 is 10.3 Å². The maximum absolute atomic E-state index is 14.4. The molecule has 4 aliphatic rings. The first-order chi connectivity index (χ1) is 20.8. The van der Waals surface area contributed by atoms with Gasteiger partial charge in [-0.25, -0.2) is 10.3 Å². The first kappa shape index (κ1) is 27.0. The zero-order valence-corrected chi connectivity index (χ0v) is 23.6. The second-order valence-corrected chi connectivity index (χ2v) is 11.4. The zero-order valence-electron chi connectivity index (χ0n) is 22.1. The number of benzene rings is 4. The van der Waals surface area contributed by atoms with E-state index < -0.39 is 45.8 Å². The molecule has 0 aromatic heterocycles. The van der Waals surface area contributed by atoms with E-state index in [-0.39, 0.29) is 22.0 Å². The van der Waals surface area contributed by atoms with Crippen molar-refractivity contribution in [3.05, 3.63) is 139 Å². The molecule has 0 spiro atoms. The molecule has 1 heterocycles. The number of rotatable bonds is 5. The van der Waals surface area contributed by atoms with Gasteiger partial charge in [-0.3, -0.25) is 24.5 Å². The predicted molar refractivity (Wildman–Crippen MR) is 160 cm³/mol. The third kappa shape index (κ3) is 3.78. The van der Waals surface area contributed by atoms with Crippen molar-refractivity contribution in [1.82, 2.24) is 5.43 Å². The van der Waals surface area contributed by atoms with Crippen LogP contribution in [0.3, 0.4) is 0 Å². The molecule has 1 fully saturated rings. The highest BCUT2D eigenvalue weighted by atomic mass is 35.5. The number of para-hydroxylation sites is 2. The van der Waals surface area contributed by atoms with Gasteiger partial charge in [0.15, 0.2) is 0 Å². The van der Waals surface area contributed by atoms with E-state index in [1.54, 1.807) is 6.07 Å². The highest BCUT2D eigenvalue weighted by molar-refractivity contribution is 6.36. The van der Waals surface area contributed by atoms with Crippen molar-refractivity contribution in [3.8, 4) is 0 Å². The summed E-state index contributed by atoms with van der Waals surface area (Å²) in [4.78, 5) is 54.0. The van der Waals surface area contributed by atoms with Crippen LogP contribution in [0.5, 0.6) is 0 Å². The summed E-state index contributed by atoms with van der Waals surface area (Å²) in [6, 6.07) is 25.2. The third-order valence-corrected chi connectivity index (χ3v) is 9.16. The topological polar surface area (TPSA) is 122 Å². The first-order valence-corrected chi connectivity index (χ1v) is 14.1. The van der Waals surface area contributed by atoms with Gasteiger partial charge in [0.1, 0.15) is 5.69 Å². The van der Waals surface area contributed by atoms with Crippen LogP contribution in [0.4, 0.5) is 11.4 Å². The molecule has 1 saturated heterocycles. The number of anilines is 1. The number of nitro groups is 1. The first-order valence-electron chi connectivity index (χ1n) is 13.4. The summed E-state index contributed by atoms with van der Waals surface area (Å²) in [6.07, 6.45) is 1.51. The lowest BCUT2D eigenvalue weighted by atomic mass is 9.47. The Morgan fingerprint density at radius 1 is 0.907 bits per heavy atom. The van der Waals surface area contributed by atoms with E-state index in [0.717, 1.165) is 27.2 Å². The summed E-state index contributed by atoms with van der Waals surface area (Å²) >= 11 is 12.2. The van der Waals surface area contributed by atoms with Crippen molar-refractivity contribution in [2.24, 2.45) is 16.9 Å². The summed E-state index contributed by atoms with van der Waals surface area (Å²) in [7, 11) is 0. The number of nitro benzene ring substituents is 1. The molecule has 4 aromatic rings. The number of hydrogen-bond acceptors (Lipinski definition) is 6. The van der Waals surface area contributed by atoms with Gasteiger partial charge in [0.2, 0.25) is 11.8 Å². The smallest absolute Gasteiger partial charge is 0.274 e. The minimum absolute atomic E-state index is 0.0813. The van der Waals surface area contributed by atoms with Crippen LogP contribution >= 0.6 is 23.2 Å². The van der Waals surface area contributed by atoms with Crippen molar-refractivity contribution in [2.75, 3.05) is 4.90 Å². The monoisotopic (exact) mass is 610 g/mol. The van der Waals surface area contributed by atoms with E-state index in [2.05, 4.69) is 10.5 Å². The third-order valence-electron chi connectivity index (χ3n) is 8.61. The molecule has 9 nitrogen and oxygen atoms in total. The van der Waals surface area contributed by atoms with Crippen molar-refractivity contribution in [3.63, 3.8) is 0 Å². The Hall–Kier alpha value is -4.86. The Morgan fingerprint density at radius 2 is 1.53 bits per heavy atom. The van der Waals surface area contributed by atoms with Gasteiger partial charge in [0.25, 0.3) is 11.6 Å². The molecule has 0 radical (unpaired) electrons. The van der Waals surface area contributed by atoms with Crippen LogP contribution in [-0.2, 0) is 15.0 Å². The number of carbonyl (C=O) groups is 3. The SMILES string of the molecule is O=C(N/N=C\C12c3ccccc3C(c3ccccc31)[C@H]1C(=O)N(c3ccccc3[N+](=O)[O-])C(=O)[C@H]12)c1ccc(Cl)cc1Cl. The number of amides is 3. The molecule has 0 unspecified atom stereocenters. The van der Waals surface area contributed by atoms with Crippen LogP contribution in [-0.4, -0.2) is 28.9 Å². The normalized spacial score (nSPS) is 23.2. The number of hydrogen-bond donors (Lipinski definition) is 1. The van der Waals surface area contributed by atoms with Gasteiger partial charge in [-0.15, -0.1) is 0 Å². The standard InChI is InChI=1S/C32H20Cl2N4O5/c33-17-13-14-20(23(34)15-17)29(39)36-35-16-32-21-9-3-1-7-18(21)26(19-8-2-4-10-22(19)32)27-28(32)31(41)37(30(27)40)24-11-5-6-12-25(24)38(42)43/h1-16,26-28H,(H,36,39)/b35-16-/t26?,27-,28+,32?/m1/s1. The van der Waals surface area contributed by atoms with Crippen molar-refractivity contribution < 1.29 is 19.3 Å². The van der Waals surface area contributed by atoms with Crippen LogP contribution in [0, 0.1) is 22.0 Å². The lowest BCUT2D eigenvalue weighted by Crippen LogP contribution is -2.54. The van der Waals surface area contributed by atoms with Gasteiger partial charge in [0, 0.05) is 23.2 Å². The maximum atomic E-state index is 14.4. The largest absolute Gasteiger partial charge is 0.293 e. The molecule has 2 atom stereocenters. The lowest BCUT2D eigenvalue weighted by Gasteiger charge is -2.52. The summed E-state index contributed by atoms with van der Waals surface area (Å²) in [5.41, 5.74) is 4.23. The average Bonchev–Trinajstić information content (AvgIpc) is 3.27. The lowest BCUT2D eigenvalue weighted by molar-refractivity contribution is -0.384. The van der Waals surface area contributed by atoms with Crippen LogP contribution in [0.15, 0.2) is 96.1 Å². The molecule has 2 bridgehead atoms. The molecule has 43 heavy (non-hydrogen) atoms. The molecule has 3 aliphatic carbocycles. The Balaban J connectivity index is 1.41. The molecule has 1 N–H and O–H groups in total. The number of nitrogens with zero attached hydrogens (tertiary/aromatic N) is 3. The Bertz CT molecular complexity index is 1880. The van der Waals surface area contributed by atoms with Crippen molar-refractivity contribution in [1.29, 1.82) is 0 Å². The second kappa shape index (κ2) is 9.86. The highest BCUT2D eigenvalue weighted by Crippen LogP contribution is 2.63. The van der Waals surface area contributed by atoms with E-state index in [1.165, 1.54) is 42.6 Å². The zero-order chi connectivity index (χ0) is 30.0. The summed E-state index contributed by atoms with van der Waals surface area (Å²) in [5.74, 6) is -3.98. The van der Waals surface area contributed by atoms with Gasteiger partial charge in [0.05, 0.1) is 32.8 Å². The summed E-state index contributed by atoms with van der Waals surface area (Å²) in [5, 5.41) is 16.8. The van der Waals surface area contributed by atoms with Crippen molar-refractivity contribution >= 4 is 58.5 Å². The van der Waals surface area contributed by atoms with Gasteiger partial charge in [-0.1, -0.05) is 83.9 Å². The number of halogens is 2. The Morgan fingerprint density at radius 3 is 2.19 bits per heavy atom. The number of nitrogens with one attached hydrogen (secondary N) is 1. The number of hydrazone groups is 1. The van der Waals surface area contributed by atoms with Crippen LogP contribution in [0.25, 0.3) is 0 Å². The van der Waals surface area contributed by atoms with E-state index >= 15 is 0 Å². The van der Waals surface area contributed by atoms with Gasteiger partial charge in [-0.05, 0) is 46.5 Å². The van der Waals surface area contributed by atoms with E-state index in [4.69, 9.17) is 23.2 Å². The Kier molecular flexibility index (Phi) is 6.19. The molecule has 3 amide bonds. The molecule has 8 rings (SSSR count). The maximum Gasteiger partial charge on any atom is 0.293 e. The number of imide groups is 1. The predicted octanol–water partition coefficient (Wildman–Crippen LogP) is 5.87. The quantitative estimate of drug-likeness (QED) is 0.131. The van der Waals surface area contributed by atoms with Gasteiger partial charge in [-0.2, -0.15) is 5.10 Å². The minimum atomic E-state index is -1.27. The van der Waals surface area contributed by atoms with Crippen LogP contribution in [0.1, 0.15) is 38.5 Å².